The maximum Gasteiger partial charge on any atom is 0.293 e. The molecule has 0 spiro atoms. The Balaban J connectivity index is 1.61. The van der Waals surface area contributed by atoms with Crippen LogP contribution in [0, 0.1) is 10.1 Å². The van der Waals surface area contributed by atoms with E-state index in [0.717, 1.165) is 48.3 Å². The van der Waals surface area contributed by atoms with Gasteiger partial charge in [-0.25, -0.2) is 0 Å². The van der Waals surface area contributed by atoms with Crippen molar-refractivity contribution in [2.24, 2.45) is 0 Å². The monoisotopic (exact) mass is 469 g/mol. The van der Waals surface area contributed by atoms with Gasteiger partial charge in [0.15, 0.2) is 0 Å². The Hall–Kier alpha value is -3.53. The number of nitro benzene ring substituents is 1. The molecule has 172 valence electrons. The summed E-state index contributed by atoms with van der Waals surface area (Å²) in [5.41, 5.74) is 1.97. The predicted octanol–water partition coefficient (Wildman–Crippen LogP) is 4.45. The van der Waals surface area contributed by atoms with Crippen LogP contribution in [-0.2, 0) is 11.3 Å². The number of hydrogen-bond donors (Lipinski definition) is 0. The number of methoxy groups -OCH3 is 2. The van der Waals surface area contributed by atoms with Gasteiger partial charge in [-0.15, -0.1) is 0 Å². The van der Waals surface area contributed by atoms with Crippen LogP contribution in [0.4, 0.5) is 16.2 Å². The SMILES string of the molecule is COc1cc(N2CCCC2)c(OC)cc1/C=C1\SC(=O)N(Cc2cccc([N+](=O)[O-])c2)C1=O. The largest absolute Gasteiger partial charge is 0.496 e. The smallest absolute Gasteiger partial charge is 0.293 e. The minimum Gasteiger partial charge on any atom is -0.496 e. The van der Waals surface area contributed by atoms with Gasteiger partial charge in [0.05, 0.1) is 36.3 Å². The van der Waals surface area contributed by atoms with Crippen molar-refractivity contribution in [1.29, 1.82) is 0 Å². The van der Waals surface area contributed by atoms with Crippen LogP contribution < -0.4 is 14.4 Å². The lowest BCUT2D eigenvalue weighted by atomic mass is 10.1. The Morgan fingerprint density at radius 1 is 1.09 bits per heavy atom. The molecule has 33 heavy (non-hydrogen) atoms. The summed E-state index contributed by atoms with van der Waals surface area (Å²) in [4.78, 5) is 39.6. The number of amides is 2. The number of thioether (sulfide) groups is 1. The molecule has 2 heterocycles. The summed E-state index contributed by atoms with van der Waals surface area (Å²) in [7, 11) is 3.15. The molecule has 0 aromatic heterocycles. The normalized spacial score (nSPS) is 17.2. The van der Waals surface area contributed by atoms with E-state index in [1.54, 1.807) is 32.4 Å². The minimum atomic E-state index is -0.511. The zero-order valence-corrected chi connectivity index (χ0v) is 19.1. The second-order valence-corrected chi connectivity index (χ2v) is 8.65. The molecule has 0 atom stereocenters. The predicted molar refractivity (Wildman–Crippen MR) is 126 cm³/mol. The van der Waals surface area contributed by atoms with Crippen LogP contribution in [0.1, 0.15) is 24.0 Å². The van der Waals surface area contributed by atoms with E-state index in [1.807, 2.05) is 6.07 Å². The number of benzene rings is 2. The summed E-state index contributed by atoms with van der Waals surface area (Å²) in [6, 6.07) is 9.59. The van der Waals surface area contributed by atoms with Crippen LogP contribution in [0.5, 0.6) is 11.5 Å². The number of carbonyl (C=O) groups is 2. The van der Waals surface area contributed by atoms with E-state index in [1.165, 1.54) is 18.2 Å². The fourth-order valence-electron chi connectivity index (χ4n) is 3.95. The molecular formula is C23H23N3O6S. The minimum absolute atomic E-state index is 0.0436. The lowest BCUT2D eigenvalue weighted by molar-refractivity contribution is -0.384. The van der Waals surface area contributed by atoms with Crippen LogP contribution in [-0.4, -0.2) is 48.3 Å². The highest BCUT2D eigenvalue weighted by atomic mass is 32.2. The summed E-state index contributed by atoms with van der Waals surface area (Å²) in [6.45, 7) is 1.84. The molecule has 2 aromatic carbocycles. The topological polar surface area (TPSA) is 102 Å². The lowest BCUT2D eigenvalue weighted by Gasteiger charge is -2.22. The lowest BCUT2D eigenvalue weighted by Crippen LogP contribution is -2.27. The Morgan fingerprint density at radius 2 is 1.82 bits per heavy atom. The first-order valence-corrected chi connectivity index (χ1v) is 11.2. The number of nitrogens with zero attached hydrogens (tertiary/aromatic N) is 3. The van der Waals surface area contributed by atoms with E-state index < -0.39 is 16.1 Å². The zero-order chi connectivity index (χ0) is 23.5. The van der Waals surface area contributed by atoms with Gasteiger partial charge >= 0.3 is 0 Å². The van der Waals surface area contributed by atoms with Crippen LogP contribution in [0.15, 0.2) is 41.3 Å². The molecule has 2 aromatic rings. The molecule has 2 aliphatic rings. The third-order valence-corrected chi connectivity index (χ3v) is 6.51. The molecule has 0 unspecified atom stereocenters. The molecule has 0 N–H and O–H groups in total. The van der Waals surface area contributed by atoms with E-state index in [9.17, 15) is 19.7 Å². The van der Waals surface area contributed by atoms with Gasteiger partial charge in [-0.1, -0.05) is 12.1 Å². The summed E-state index contributed by atoms with van der Waals surface area (Å²) in [5.74, 6) is 0.782. The van der Waals surface area contributed by atoms with Crippen molar-refractivity contribution in [2.45, 2.75) is 19.4 Å². The van der Waals surface area contributed by atoms with E-state index >= 15 is 0 Å². The molecule has 0 bridgehead atoms. The Kier molecular flexibility index (Phi) is 6.55. The van der Waals surface area contributed by atoms with Gasteiger partial charge in [0.2, 0.25) is 0 Å². The molecule has 9 nitrogen and oxygen atoms in total. The fraction of sp³-hybridized carbons (Fsp3) is 0.304. The highest BCUT2D eigenvalue weighted by Gasteiger charge is 2.35. The standard InChI is InChI=1S/C23H23N3O6S/c1-31-19-13-18(24-8-3-4-9-24)20(32-2)11-16(19)12-21-22(27)25(23(28)33-21)14-15-6-5-7-17(10-15)26(29)30/h5-7,10-13H,3-4,8-9,14H2,1-2H3/b21-12-. The van der Waals surface area contributed by atoms with Crippen molar-refractivity contribution in [2.75, 3.05) is 32.2 Å². The number of carbonyl (C=O) groups excluding carboxylic acids is 2. The summed E-state index contributed by atoms with van der Waals surface area (Å²) in [6.07, 6.45) is 3.85. The summed E-state index contributed by atoms with van der Waals surface area (Å²) >= 11 is 0.826. The summed E-state index contributed by atoms with van der Waals surface area (Å²) in [5, 5.41) is 10.6. The highest BCUT2D eigenvalue weighted by Crippen LogP contribution is 2.40. The number of non-ortho nitro benzene ring substituents is 1. The van der Waals surface area contributed by atoms with Crippen LogP contribution in [0.2, 0.25) is 0 Å². The second-order valence-electron chi connectivity index (χ2n) is 7.66. The second kappa shape index (κ2) is 9.53. The van der Waals surface area contributed by atoms with E-state index in [2.05, 4.69) is 4.90 Å². The molecule has 2 aliphatic heterocycles. The molecule has 0 aliphatic carbocycles. The maximum absolute atomic E-state index is 13.0. The molecule has 0 radical (unpaired) electrons. The van der Waals surface area contributed by atoms with Crippen molar-refractivity contribution < 1.29 is 24.0 Å². The quantitative estimate of drug-likeness (QED) is 0.333. The third-order valence-electron chi connectivity index (χ3n) is 5.60. The van der Waals surface area contributed by atoms with Gasteiger partial charge < -0.3 is 14.4 Å². The van der Waals surface area contributed by atoms with Gasteiger partial charge in [0, 0.05) is 36.9 Å². The average Bonchev–Trinajstić information content (AvgIpc) is 3.44. The van der Waals surface area contributed by atoms with Crippen molar-refractivity contribution in [3.05, 3.63) is 62.5 Å². The number of hydrogen-bond acceptors (Lipinski definition) is 8. The van der Waals surface area contributed by atoms with E-state index in [4.69, 9.17) is 9.47 Å². The number of imide groups is 1. The first-order valence-electron chi connectivity index (χ1n) is 10.4. The van der Waals surface area contributed by atoms with E-state index in [0.29, 0.717) is 22.6 Å². The molecule has 4 rings (SSSR count). The summed E-state index contributed by atoms with van der Waals surface area (Å²) < 4.78 is 11.2. The van der Waals surface area contributed by atoms with Crippen LogP contribution in [0.3, 0.4) is 0 Å². The van der Waals surface area contributed by atoms with Gasteiger partial charge in [0.1, 0.15) is 11.5 Å². The van der Waals surface area contributed by atoms with Crippen molar-refractivity contribution in [3.63, 3.8) is 0 Å². The Labute approximate surface area is 195 Å². The third kappa shape index (κ3) is 4.65. The Morgan fingerprint density at radius 3 is 2.48 bits per heavy atom. The van der Waals surface area contributed by atoms with Gasteiger partial charge in [-0.3, -0.25) is 24.6 Å². The molecular weight excluding hydrogens is 446 g/mol. The maximum atomic E-state index is 13.0. The average molecular weight is 470 g/mol. The van der Waals surface area contributed by atoms with Crippen molar-refractivity contribution in [1.82, 2.24) is 4.90 Å². The first kappa shape index (κ1) is 22.7. The number of rotatable bonds is 7. The van der Waals surface area contributed by atoms with Gasteiger partial charge in [-0.05, 0) is 42.3 Å². The van der Waals surface area contributed by atoms with Gasteiger partial charge in [-0.2, -0.15) is 0 Å². The van der Waals surface area contributed by atoms with Crippen molar-refractivity contribution in [3.8, 4) is 11.5 Å². The zero-order valence-electron chi connectivity index (χ0n) is 18.3. The number of ether oxygens (including phenoxy) is 2. The number of nitro groups is 1. The molecule has 2 fully saturated rings. The molecule has 2 amide bonds. The Bertz CT molecular complexity index is 1140. The van der Waals surface area contributed by atoms with Crippen LogP contribution >= 0.6 is 11.8 Å². The first-order chi connectivity index (χ1) is 15.9. The van der Waals surface area contributed by atoms with Crippen LogP contribution in [0.25, 0.3) is 6.08 Å². The molecule has 0 saturated carbocycles. The van der Waals surface area contributed by atoms with Gasteiger partial charge in [0.25, 0.3) is 16.8 Å². The fourth-order valence-corrected chi connectivity index (χ4v) is 4.78. The van der Waals surface area contributed by atoms with E-state index in [-0.39, 0.29) is 17.1 Å². The highest BCUT2D eigenvalue weighted by molar-refractivity contribution is 8.18. The molecule has 10 heteroatoms. The number of anilines is 1. The van der Waals surface area contributed by atoms with Crippen molar-refractivity contribution >= 4 is 40.4 Å². The molecule has 2 saturated heterocycles.